The van der Waals surface area contributed by atoms with Gasteiger partial charge in [0.1, 0.15) is 53.0 Å². The number of nitrogens with zero attached hydrogens (tertiary/aromatic N) is 11. The Hall–Kier alpha value is -5.75. The van der Waals surface area contributed by atoms with Crippen LogP contribution in [0.3, 0.4) is 0 Å². The Morgan fingerprint density at radius 3 is 1.59 bits per heavy atom. The Balaban J connectivity index is 2.32. The number of hydrogen-bond acceptors (Lipinski definition) is 11. The highest BCUT2D eigenvalue weighted by atomic mass is 14.9. The van der Waals surface area contributed by atoms with Crippen LogP contribution in [0.2, 0.25) is 0 Å². The van der Waals surface area contributed by atoms with E-state index in [9.17, 15) is 31.6 Å². The molecular weight excluding hydrogens is 406 g/mol. The maximum Gasteiger partial charge on any atom is 0.177 e. The minimum Gasteiger partial charge on any atom is -0.234 e. The lowest BCUT2D eigenvalue weighted by molar-refractivity contribution is 0.995. The molecule has 1 aliphatic heterocycles. The van der Waals surface area contributed by atoms with Crippen LogP contribution in [0.4, 0.5) is 5.69 Å². The zero-order valence-corrected chi connectivity index (χ0v) is 15.9. The molecule has 0 spiro atoms. The first kappa shape index (κ1) is 19.6. The van der Waals surface area contributed by atoms with E-state index in [0.29, 0.717) is 18.4 Å². The first-order chi connectivity index (χ1) is 15.6. The van der Waals surface area contributed by atoms with E-state index in [1.807, 2.05) is 24.3 Å². The molecule has 0 N–H and O–H groups in total. The van der Waals surface area contributed by atoms with Crippen molar-refractivity contribution in [2.45, 2.75) is 12.8 Å². The van der Waals surface area contributed by atoms with E-state index < -0.39 is 0 Å². The van der Waals surface area contributed by atoms with E-state index in [1.165, 1.54) is 0 Å². The van der Waals surface area contributed by atoms with Crippen LogP contribution >= 0.6 is 0 Å². The Bertz CT molecular complexity index is 1680. The van der Waals surface area contributed by atoms with E-state index in [1.54, 1.807) is 18.2 Å². The third-order valence-electron chi connectivity index (χ3n) is 4.68. The first-order valence-electron chi connectivity index (χ1n) is 8.88. The van der Waals surface area contributed by atoms with Gasteiger partial charge in [0.15, 0.2) is 28.5 Å². The van der Waals surface area contributed by atoms with Crippen molar-refractivity contribution in [3.8, 4) is 36.4 Å². The van der Waals surface area contributed by atoms with Crippen LogP contribution in [0.1, 0.15) is 34.8 Å². The number of aliphatic imine (C=N–C) groups is 1. The topological polar surface area (TPSA) is 207 Å². The molecule has 11 nitrogen and oxygen atoms in total. The van der Waals surface area contributed by atoms with E-state index in [0.717, 1.165) is 0 Å². The molecule has 0 atom stereocenters. The molecule has 0 fully saturated rings. The summed E-state index contributed by atoms with van der Waals surface area (Å²) in [5.74, 6) is 0. The van der Waals surface area contributed by atoms with Gasteiger partial charge < -0.3 is 0 Å². The summed E-state index contributed by atoms with van der Waals surface area (Å²) in [6, 6.07) is 11.0. The molecule has 0 aliphatic carbocycles. The summed E-state index contributed by atoms with van der Waals surface area (Å²) in [6.45, 7) is 0. The molecule has 0 saturated heterocycles. The molecule has 4 rings (SSSR count). The molecule has 3 aromatic rings. The standard InChI is InChI=1S/C21H5N11/c22-4-10-2-1-3-11-17(28-12(10)5-23)19-21(32-16(9-27)15(8-26)31-19)20-18(11)29-13(6-24)14(7-25)30-20/h2H,1,3H2. The molecule has 0 amide bonds. The van der Waals surface area contributed by atoms with Crippen molar-refractivity contribution in [3.63, 3.8) is 0 Å². The molecule has 0 radical (unpaired) electrons. The summed E-state index contributed by atoms with van der Waals surface area (Å²) in [7, 11) is 0. The monoisotopic (exact) mass is 411 g/mol. The van der Waals surface area contributed by atoms with Gasteiger partial charge in [0.25, 0.3) is 0 Å². The summed E-state index contributed by atoms with van der Waals surface area (Å²) in [5.41, 5.74) is -0.0151. The number of nitriles is 6. The Labute approximate surface area is 179 Å². The average Bonchev–Trinajstić information content (AvgIpc) is 2.82. The molecule has 3 heterocycles. The molecule has 0 saturated carbocycles. The van der Waals surface area contributed by atoms with Crippen LogP contribution in [0.15, 0.2) is 16.6 Å². The SMILES string of the molecule is N#CC1=CCCc2c(c3nc(C#N)c(C#N)nc3c3nc(C#N)c(C#N)nc23)N=C1C#N. The van der Waals surface area contributed by atoms with Crippen LogP contribution in [0.25, 0.3) is 22.1 Å². The second-order valence-electron chi connectivity index (χ2n) is 6.35. The summed E-state index contributed by atoms with van der Waals surface area (Å²) >= 11 is 0. The Kier molecular flexibility index (Phi) is 4.64. The number of aryl methyl sites for hydroxylation is 1. The highest BCUT2D eigenvalue weighted by Crippen LogP contribution is 2.38. The third kappa shape index (κ3) is 2.81. The lowest BCUT2D eigenvalue weighted by Gasteiger charge is -2.15. The Morgan fingerprint density at radius 2 is 1.09 bits per heavy atom. The molecular formula is C21H5N11. The van der Waals surface area contributed by atoms with E-state index >= 15 is 0 Å². The van der Waals surface area contributed by atoms with Crippen molar-refractivity contribution in [2.75, 3.05) is 0 Å². The number of benzene rings is 1. The molecule has 144 valence electrons. The third-order valence-corrected chi connectivity index (χ3v) is 4.68. The van der Waals surface area contributed by atoms with Crippen molar-refractivity contribution >= 4 is 33.5 Å². The quantitative estimate of drug-likeness (QED) is 0.491. The fraction of sp³-hybridized carbons (Fsp3) is 0.0952. The van der Waals surface area contributed by atoms with Crippen molar-refractivity contribution in [1.82, 2.24) is 19.9 Å². The van der Waals surface area contributed by atoms with Gasteiger partial charge in [-0.05, 0) is 12.8 Å². The van der Waals surface area contributed by atoms with Gasteiger partial charge in [-0.3, -0.25) is 0 Å². The lowest BCUT2D eigenvalue weighted by Crippen LogP contribution is -2.07. The molecule has 0 unspecified atom stereocenters. The van der Waals surface area contributed by atoms with E-state index in [2.05, 4.69) is 24.9 Å². The van der Waals surface area contributed by atoms with E-state index in [4.69, 9.17) is 0 Å². The zero-order valence-electron chi connectivity index (χ0n) is 15.9. The molecule has 1 aromatic carbocycles. The van der Waals surface area contributed by atoms with Crippen LogP contribution < -0.4 is 0 Å². The van der Waals surface area contributed by atoms with Gasteiger partial charge in [0.2, 0.25) is 0 Å². The normalized spacial score (nSPS) is 12.3. The van der Waals surface area contributed by atoms with Gasteiger partial charge in [-0.1, -0.05) is 6.08 Å². The van der Waals surface area contributed by atoms with E-state index in [-0.39, 0.29) is 61.8 Å². The molecule has 0 bridgehead atoms. The van der Waals surface area contributed by atoms with Gasteiger partial charge in [-0.25, -0.2) is 24.9 Å². The minimum absolute atomic E-state index is 0.0342. The average molecular weight is 411 g/mol. The maximum absolute atomic E-state index is 9.54. The van der Waals surface area contributed by atoms with Gasteiger partial charge >= 0.3 is 0 Å². The summed E-state index contributed by atoms with van der Waals surface area (Å²) in [6.07, 6.45) is 2.20. The van der Waals surface area contributed by atoms with Crippen molar-refractivity contribution in [3.05, 3.63) is 40.0 Å². The second kappa shape index (κ2) is 7.58. The number of allylic oxidation sites excluding steroid dienone is 2. The second-order valence-corrected chi connectivity index (χ2v) is 6.35. The molecule has 2 aromatic heterocycles. The Morgan fingerprint density at radius 1 is 0.594 bits per heavy atom. The maximum atomic E-state index is 9.54. The van der Waals surface area contributed by atoms with Gasteiger partial charge in [0, 0.05) is 5.56 Å². The number of fused-ring (bicyclic) bond motifs is 6. The molecule has 32 heavy (non-hydrogen) atoms. The fourth-order valence-electron chi connectivity index (χ4n) is 3.31. The van der Waals surface area contributed by atoms with Gasteiger partial charge in [-0.2, -0.15) is 31.6 Å². The lowest BCUT2D eigenvalue weighted by atomic mass is 9.98. The van der Waals surface area contributed by atoms with Crippen molar-refractivity contribution in [1.29, 1.82) is 31.6 Å². The number of aromatic nitrogens is 4. The molecule has 11 heteroatoms. The van der Waals surface area contributed by atoms with Crippen molar-refractivity contribution < 1.29 is 0 Å². The highest BCUT2D eigenvalue weighted by Gasteiger charge is 2.24. The summed E-state index contributed by atoms with van der Waals surface area (Å²) < 4.78 is 0. The summed E-state index contributed by atoms with van der Waals surface area (Å²) in [4.78, 5) is 21.3. The molecule has 1 aliphatic rings. The van der Waals surface area contributed by atoms with Crippen LogP contribution in [-0.2, 0) is 6.42 Å². The number of rotatable bonds is 0. The first-order valence-corrected chi connectivity index (χ1v) is 8.88. The number of hydrogen-bond donors (Lipinski definition) is 0. The fourth-order valence-corrected chi connectivity index (χ4v) is 3.31. The predicted octanol–water partition coefficient (Wildman–Crippen LogP) is 2.05. The predicted molar refractivity (Wildman–Crippen MR) is 106 cm³/mol. The van der Waals surface area contributed by atoms with Crippen LogP contribution in [0, 0.1) is 68.0 Å². The highest BCUT2D eigenvalue weighted by molar-refractivity contribution is 6.17. The van der Waals surface area contributed by atoms with Crippen LogP contribution in [-0.4, -0.2) is 25.6 Å². The minimum atomic E-state index is -0.265. The van der Waals surface area contributed by atoms with Crippen molar-refractivity contribution in [2.24, 2.45) is 4.99 Å². The van der Waals surface area contributed by atoms with Gasteiger partial charge in [0.05, 0.1) is 16.8 Å². The zero-order chi connectivity index (χ0) is 22.8. The smallest absolute Gasteiger partial charge is 0.177 e. The van der Waals surface area contributed by atoms with Crippen LogP contribution in [0.5, 0.6) is 0 Å². The summed E-state index contributed by atoms with van der Waals surface area (Å²) in [5, 5.41) is 56.5. The largest absolute Gasteiger partial charge is 0.234 e. The van der Waals surface area contributed by atoms with Gasteiger partial charge in [-0.15, -0.1) is 0 Å².